The highest BCUT2D eigenvalue weighted by molar-refractivity contribution is 5.68. The molecule has 0 spiro atoms. The molecule has 10 nitrogen and oxygen atoms in total. The lowest BCUT2D eigenvalue weighted by Crippen LogP contribution is -2.12. The van der Waals surface area contributed by atoms with Crippen molar-refractivity contribution in [2.45, 2.75) is 31.5 Å². The van der Waals surface area contributed by atoms with Gasteiger partial charge in [0.15, 0.2) is 5.65 Å². The van der Waals surface area contributed by atoms with Crippen LogP contribution in [0.5, 0.6) is 5.88 Å². The number of hydrogen-bond donors (Lipinski definition) is 5. The number of rotatable bonds is 6. The Morgan fingerprint density at radius 2 is 2.06 bits per heavy atom. The number of imidazole rings is 1. The Morgan fingerprint density at radius 1 is 1.26 bits per heavy atom. The van der Waals surface area contributed by atoms with Gasteiger partial charge in [0.05, 0.1) is 34.8 Å². The third-order valence-electron chi connectivity index (χ3n) is 5.34. The summed E-state index contributed by atoms with van der Waals surface area (Å²) in [6.45, 7) is 0. The first kappa shape index (κ1) is 21.4. The van der Waals surface area contributed by atoms with Gasteiger partial charge in [-0.25, -0.2) is 9.78 Å². The van der Waals surface area contributed by atoms with Gasteiger partial charge in [0.1, 0.15) is 11.6 Å². The zero-order valence-electron chi connectivity index (χ0n) is 17.4. The molecule has 3 heterocycles. The summed E-state index contributed by atoms with van der Waals surface area (Å²) in [5.74, 6) is 0.331. The SMILES string of the molecule is N#Cc1ccc(Nc2cc(NC3CC3)n3ncc(Cc4[nH]c(=O)[nH]c4O)c3n2)c(C(F)(F)F)c1. The average Bonchev–Trinajstić information content (AvgIpc) is 3.42. The van der Waals surface area contributed by atoms with Gasteiger partial charge in [-0.15, -0.1) is 0 Å². The maximum absolute atomic E-state index is 13.6. The van der Waals surface area contributed by atoms with Crippen molar-refractivity contribution in [2.75, 3.05) is 10.6 Å². The number of benzene rings is 1. The van der Waals surface area contributed by atoms with Crippen LogP contribution in [-0.2, 0) is 12.6 Å². The fraction of sp³-hybridized carbons (Fsp3) is 0.238. The van der Waals surface area contributed by atoms with E-state index in [0.717, 1.165) is 18.9 Å². The second kappa shape index (κ2) is 7.84. The predicted molar refractivity (Wildman–Crippen MR) is 115 cm³/mol. The summed E-state index contributed by atoms with van der Waals surface area (Å²) in [5, 5.41) is 29.2. The smallest absolute Gasteiger partial charge is 0.418 e. The van der Waals surface area contributed by atoms with E-state index in [1.807, 2.05) is 0 Å². The van der Waals surface area contributed by atoms with Crippen molar-refractivity contribution in [1.82, 2.24) is 24.6 Å². The van der Waals surface area contributed by atoms with E-state index in [-0.39, 0.29) is 41.1 Å². The predicted octanol–water partition coefficient (Wildman–Crippen LogP) is 3.25. The van der Waals surface area contributed by atoms with Crippen LogP contribution in [0.2, 0.25) is 0 Å². The first-order valence-electron chi connectivity index (χ1n) is 10.2. The lowest BCUT2D eigenvalue weighted by Gasteiger charge is -2.16. The molecule has 1 aromatic carbocycles. The molecule has 4 aromatic rings. The standard InChI is InChI=1S/C21H17F3N8O2/c22-21(23,24)13-5-10(8-25)1-4-14(13)28-16-7-17(27-12-2-3-12)32-18(30-16)11(9-26-32)6-15-19(33)31-20(34)29-15/h1,4-5,7,9,12,27,33H,2-3,6H2,(H,28,30)(H2,29,31,34). The number of halogens is 3. The molecule has 0 atom stereocenters. The summed E-state index contributed by atoms with van der Waals surface area (Å²) in [6, 6.07) is 6.73. The summed E-state index contributed by atoms with van der Waals surface area (Å²) < 4.78 is 42.4. The van der Waals surface area contributed by atoms with Crippen molar-refractivity contribution in [2.24, 2.45) is 0 Å². The molecule has 34 heavy (non-hydrogen) atoms. The number of fused-ring (bicyclic) bond motifs is 1. The minimum atomic E-state index is -4.69. The molecule has 5 N–H and O–H groups in total. The number of aromatic nitrogens is 5. The molecule has 0 bridgehead atoms. The molecule has 174 valence electrons. The minimum absolute atomic E-state index is 0.0814. The monoisotopic (exact) mass is 470 g/mol. The molecular weight excluding hydrogens is 453 g/mol. The molecule has 1 aliphatic carbocycles. The molecule has 0 aliphatic heterocycles. The van der Waals surface area contributed by atoms with Gasteiger partial charge in [0.25, 0.3) is 0 Å². The third kappa shape index (κ3) is 4.13. The molecule has 1 fully saturated rings. The van der Waals surface area contributed by atoms with E-state index in [1.54, 1.807) is 12.1 Å². The molecule has 0 amide bonds. The Balaban J connectivity index is 1.58. The van der Waals surface area contributed by atoms with Gasteiger partial charge >= 0.3 is 11.9 Å². The van der Waals surface area contributed by atoms with E-state index in [1.165, 1.54) is 22.8 Å². The van der Waals surface area contributed by atoms with Gasteiger partial charge in [0, 0.05) is 24.1 Å². The Morgan fingerprint density at radius 3 is 2.71 bits per heavy atom. The van der Waals surface area contributed by atoms with Crippen LogP contribution in [0, 0.1) is 11.3 Å². The molecule has 0 saturated heterocycles. The zero-order valence-corrected chi connectivity index (χ0v) is 17.4. The van der Waals surface area contributed by atoms with Crippen molar-refractivity contribution in [1.29, 1.82) is 5.26 Å². The van der Waals surface area contributed by atoms with Crippen molar-refractivity contribution in [3.05, 3.63) is 63.3 Å². The van der Waals surface area contributed by atoms with E-state index in [0.29, 0.717) is 17.0 Å². The average molecular weight is 470 g/mol. The fourth-order valence-electron chi connectivity index (χ4n) is 3.56. The topological polar surface area (TPSA) is 147 Å². The quantitative estimate of drug-likeness (QED) is 0.291. The number of anilines is 3. The van der Waals surface area contributed by atoms with E-state index < -0.39 is 17.4 Å². The molecule has 0 unspecified atom stereocenters. The lowest BCUT2D eigenvalue weighted by atomic mass is 10.1. The lowest BCUT2D eigenvalue weighted by molar-refractivity contribution is -0.136. The Bertz CT molecular complexity index is 1490. The summed E-state index contributed by atoms with van der Waals surface area (Å²) in [6.07, 6.45) is -1.19. The maximum Gasteiger partial charge on any atom is 0.418 e. The van der Waals surface area contributed by atoms with Crippen LogP contribution in [0.3, 0.4) is 0 Å². The van der Waals surface area contributed by atoms with Crippen LogP contribution >= 0.6 is 0 Å². The van der Waals surface area contributed by atoms with Crippen molar-refractivity contribution in [3.8, 4) is 11.9 Å². The molecular formula is C21H17F3N8O2. The van der Waals surface area contributed by atoms with E-state index in [9.17, 15) is 23.1 Å². The number of aromatic amines is 2. The highest BCUT2D eigenvalue weighted by atomic mass is 19.4. The second-order valence-corrected chi connectivity index (χ2v) is 7.93. The summed E-state index contributed by atoms with van der Waals surface area (Å²) in [4.78, 5) is 20.6. The first-order valence-corrected chi connectivity index (χ1v) is 10.2. The van der Waals surface area contributed by atoms with Crippen LogP contribution < -0.4 is 16.3 Å². The number of H-pyrrole nitrogens is 2. The molecule has 13 heteroatoms. The number of nitrogens with zero attached hydrogens (tertiary/aromatic N) is 4. The second-order valence-electron chi connectivity index (χ2n) is 7.93. The van der Waals surface area contributed by atoms with E-state index in [2.05, 4.69) is 30.7 Å². The summed E-state index contributed by atoms with van der Waals surface area (Å²) in [5.41, 5.74) is -0.849. The van der Waals surface area contributed by atoms with Crippen LogP contribution in [0.4, 0.5) is 30.5 Å². The summed E-state index contributed by atoms with van der Waals surface area (Å²) in [7, 11) is 0. The van der Waals surface area contributed by atoms with Gasteiger partial charge in [0.2, 0.25) is 5.88 Å². The van der Waals surface area contributed by atoms with Crippen LogP contribution in [0.1, 0.15) is 35.2 Å². The highest BCUT2D eigenvalue weighted by Crippen LogP contribution is 2.37. The highest BCUT2D eigenvalue weighted by Gasteiger charge is 2.34. The van der Waals surface area contributed by atoms with Crippen LogP contribution in [0.15, 0.2) is 35.3 Å². The zero-order chi connectivity index (χ0) is 24.0. The molecule has 1 aliphatic rings. The number of hydrogen-bond acceptors (Lipinski definition) is 7. The van der Waals surface area contributed by atoms with Crippen LogP contribution in [-0.4, -0.2) is 35.7 Å². The number of nitriles is 1. The third-order valence-corrected chi connectivity index (χ3v) is 5.34. The first-order chi connectivity index (χ1) is 16.2. The normalized spacial score (nSPS) is 13.7. The maximum atomic E-state index is 13.6. The minimum Gasteiger partial charge on any atom is -0.493 e. The Labute approximate surface area is 189 Å². The van der Waals surface area contributed by atoms with Crippen molar-refractivity contribution in [3.63, 3.8) is 0 Å². The fourth-order valence-corrected chi connectivity index (χ4v) is 3.56. The van der Waals surface area contributed by atoms with Gasteiger partial charge < -0.3 is 20.7 Å². The van der Waals surface area contributed by atoms with Gasteiger partial charge in [-0.2, -0.15) is 28.0 Å². The van der Waals surface area contributed by atoms with Gasteiger partial charge in [-0.1, -0.05) is 0 Å². The Kier molecular flexibility index (Phi) is 4.93. The summed E-state index contributed by atoms with van der Waals surface area (Å²) >= 11 is 0. The van der Waals surface area contributed by atoms with Crippen molar-refractivity contribution < 1.29 is 18.3 Å². The van der Waals surface area contributed by atoms with E-state index >= 15 is 0 Å². The van der Waals surface area contributed by atoms with Crippen LogP contribution in [0.25, 0.3) is 5.65 Å². The Hall–Kier alpha value is -4.47. The number of aromatic hydroxyl groups is 1. The van der Waals surface area contributed by atoms with Gasteiger partial charge in [-0.05, 0) is 31.0 Å². The van der Waals surface area contributed by atoms with Crippen molar-refractivity contribution >= 4 is 23.0 Å². The van der Waals surface area contributed by atoms with E-state index in [4.69, 9.17) is 5.26 Å². The number of nitrogens with one attached hydrogen (secondary N) is 4. The largest absolute Gasteiger partial charge is 0.493 e. The number of alkyl halides is 3. The molecule has 1 saturated carbocycles. The molecule has 0 radical (unpaired) electrons. The molecule has 5 rings (SSSR count). The molecule has 3 aromatic heterocycles. The van der Waals surface area contributed by atoms with Gasteiger partial charge in [-0.3, -0.25) is 4.98 Å².